The molecule has 0 heterocycles. The molecule has 0 aromatic heterocycles. The Labute approximate surface area is 338 Å². The molecular weight excluding hydrogens is 784 g/mol. The van der Waals surface area contributed by atoms with Crippen molar-refractivity contribution < 1.29 is 68.7 Å². The Morgan fingerprint density at radius 1 is 0.661 bits per heavy atom. The molecule has 0 saturated heterocycles. The van der Waals surface area contributed by atoms with Crippen LogP contribution in [0.4, 0.5) is 0 Å². The molecule has 0 aliphatic rings. The van der Waals surface area contributed by atoms with E-state index in [2.05, 4.69) is 37.2 Å². The topological polar surface area (TPSA) is 417 Å². The molecule has 1 unspecified atom stereocenters. The SMILES string of the molecule is C[C@@H](O)[C@@H](NC(=O)[C@@H](CC(N)=O)NC(=O)[C@H](N)CO)C(=O)N[C@H](CO)C(=O)NC(CCC(=O)NCCCCN[C@H](Cc1ccccc1)C(=O)N[C@H](CO)C(=O)O)C(N)=O. The monoisotopic (exact) mass is 840 g/mol. The van der Waals surface area contributed by atoms with E-state index >= 15 is 0 Å². The van der Waals surface area contributed by atoms with Gasteiger partial charge in [-0.1, -0.05) is 30.3 Å². The third-order valence-corrected chi connectivity index (χ3v) is 8.48. The number of benzene rings is 1. The number of aliphatic hydroxyl groups excluding tert-OH is 4. The van der Waals surface area contributed by atoms with E-state index in [9.17, 15) is 63.6 Å². The highest BCUT2D eigenvalue weighted by Crippen LogP contribution is 2.06. The minimum atomic E-state index is -1.83. The first-order valence-corrected chi connectivity index (χ1v) is 18.5. The quantitative estimate of drug-likeness (QED) is 0.0333. The summed E-state index contributed by atoms with van der Waals surface area (Å²) >= 11 is 0. The number of carboxylic acid groups (broad SMARTS) is 1. The average Bonchev–Trinajstić information content (AvgIpc) is 3.18. The first kappa shape index (κ1) is 51.2. The van der Waals surface area contributed by atoms with Crippen molar-refractivity contribution in [2.24, 2.45) is 17.2 Å². The van der Waals surface area contributed by atoms with E-state index in [4.69, 9.17) is 22.3 Å². The highest BCUT2D eigenvalue weighted by molar-refractivity contribution is 5.97. The number of aliphatic hydroxyl groups is 4. The third kappa shape index (κ3) is 19.5. The van der Waals surface area contributed by atoms with Gasteiger partial charge in [-0.05, 0) is 44.7 Å². The van der Waals surface area contributed by atoms with Gasteiger partial charge in [0.15, 0.2) is 0 Å². The van der Waals surface area contributed by atoms with Crippen LogP contribution in [0.25, 0.3) is 0 Å². The minimum absolute atomic E-state index is 0.181. The number of carbonyl (C=O) groups is 9. The molecule has 1 rings (SSSR count). The van der Waals surface area contributed by atoms with Gasteiger partial charge in [0.2, 0.25) is 47.3 Å². The molecule has 0 spiro atoms. The van der Waals surface area contributed by atoms with E-state index in [1.165, 1.54) is 0 Å². The predicted octanol–water partition coefficient (Wildman–Crippen LogP) is -7.58. The number of unbranched alkanes of at least 4 members (excludes halogenated alkanes) is 1. The summed E-state index contributed by atoms with van der Waals surface area (Å²) in [7, 11) is 0. The zero-order valence-corrected chi connectivity index (χ0v) is 32.4. The van der Waals surface area contributed by atoms with Gasteiger partial charge in [0.1, 0.15) is 36.3 Å². The molecule has 18 N–H and O–H groups in total. The number of carboxylic acids is 1. The van der Waals surface area contributed by atoms with Crippen molar-refractivity contribution in [2.75, 3.05) is 32.9 Å². The Morgan fingerprint density at radius 3 is 1.75 bits per heavy atom. The lowest BCUT2D eigenvalue weighted by atomic mass is 10.0. The van der Waals surface area contributed by atoms with Crippen LogP contribution >= 0.6 is 0 Å². The third-order valence-electron chi connectivity index (χ3n) is 8.48. The molecular formula is C35H56N10O14. The summed E-state index contributed by atoms with van der Waals surface area (Å²) in [6, 6.07) is -1.54. The summed E-state index contributed by atoms with van der Waals surface area (Å²) in [6.45, 7) is -1.08. The molecule has 0 aliphatic heterocycles. The summed E-state index contributed by atoms with van der Waals surface area (Å²) in [4.78, 5) is 111. The summed E-state index contributed by atoms with van der Waals surface area (Å²) < 4.78 is 0. The van der Waals surface area contributed by atoms with Gasteiger partial charge in [0.25, 0.3) is 0 Å². The van der Waals surface area contributed by atoms with Crippen molar-refractivity contribution in [1.29, 1.82) is 0 Å². The van der Waals surface area contributed by atoms with Crippen molar-refractivity contribution in [3.05, 3.63) is 35.9 Å². The number of nitrogens with one attached hydrogen (secondary N) is 7. The van der Waals surface area contributed by atoms with E-state index < -0.39 is 128 Å². The van der Waals surface area contributed by atoms with Crippen molar-refractivity contribution >= 4 is 53.2 Å². The van der Waals surface area contributed by atoms with E-state index in [1.54, 1.807) is 30.3 Å². The second-order valence-electron chi connectivity index (χ2n) is 13.3. The molecule has 330 valence electrons. The Bertz CT molecular complexity index is 1580. The van der Waals surface area contributed by atoms with E-state index in [0.717, 1.165) is 12.5 Å². The molecule has 24 heteroatoms. The van der Waals surface area contributed by atoms with Crippen LogP contribution in [0, 0.1) is 0 Å². The van der Waals surface area contributed by atoms with Crippen molar-refractivity contribution in [1.82, 2.24) is 37.2 Å². The molecule has 0 fully saturated rings. The first-order chi connectivity index (χ1) is 27.8. The minimum Gasteiger partial charge on any atom is -0.480 e. The van der Waals surface area contributed by atoms with Crippen molar-refractivity contribution in [2.45, 2.75) is 93.8 Å². The summed E-state index contributed by atoms with van der Waals surface area (Å²) in [5.74, 6) is -9.19. The summed E-state index contributed by atoms with van der Waals surface area (Å²) in [5.41, 5.74) is 16.8. The number of hydrogen-bond donors (Lipinski definition) is 15. The number of carbonyl (C=O) groups excluding carboxylic acids is 8. The second kappa shape index (κ2) is 27.0. The Morgan fingerprint density at radius 2 is 1.20 bits per heavy atom. The molecule has 0 radical (unpaired) electrons. The fourth-order valence-corrected chi connectivity index (χ4v) is 5.13. The lowest BCUT2D eigenvalue weighted by Crippen LogP contribution is -2.62. The number of hydrogen-bond acceptors (Lipinski definition) is 15. The van der Waals surface area contributed by atoms with Gasteiger partial charge in [-0.15, -0.1) is 0 Å². The Kier molecular flexibility index (Phi) is 23.4. The number of nitrogens with two attached hydrogens (primary N) is 3. The zero-order valence-electron chi connectivity index (χ0n) is 32.4. The highest BCUT2D eigenvalue weighted by atomic mass is 16.4. The zero-order chi connectivity index (χ0) is 44.7. The number of primary amides is 2. The maximum absolute atomic E-state index is 13.0. The predicted molar refractivity (Wildman–Crippen MR) is 205 cm³/mol. The molecule has 24 nitrogen and oxygen atoms in total. The lowest BCUT2D eigenvalue weighted by Gasteiger charge is -2.26. The first-order valence-electron chi connectivity index (χ1n) is 18.5. The molecule has 1 aromatic carbocycles. The van der Waals surface area contributed by atoms with E-state index in [0.29, 0.717) is 19.4 Å². The van der Waals surface area contributed by atoms with Gasteiger partial charge < -0.3 is 80.0 Å². The fraction of sp³-hybridized carbons (Fsp3) is 0.571. The van der Waals surface area contributed by atoms with Gasteiger partial charge in [0.05, 0.1) is 38.4 Å². The second-order valence-corrected chi connectivity index (χ2v) is 13.3. The van der Waals surface area contributed by atoms with Crippen LogP contribution in [0.2, 0.25) is 0 Å². The maximum atomic E-state index is 13.0. The number of rotatable bonds is 29. The molecule has 1 aromatic rings. The van der Waals surface area contributed by atoms with Crippen molar-refractivity contribution in [3.8, 4) is 0 Å². The summed E-state index contributed by atoms with van der Waals surface area (Å²) in [6.07, 6.45) is -1.85. The van der Waals surface area contributed by atoms with E-state index in [-0.39, 0.29) is 25.8 Å². The fourth-order valence-electron chi connectivity index (χ4n) is 5.13. The molecule has 0 aliphatic carbocycles. The molecule has 8 atom stereocenters. The van der Waals surface area contributed by atoms with Crippen molar-refractivity contribution in [3.63, 3.8) is 0 Å². The Hall–Kier alpha value is -5.79. The lowest BCUT2D eigenvalue weighted by molar-refractivity contribution is -0.143. The molecule has 59 heavy (non-hydrogen) atoms. The number of aliphatic carboxylic acids is 1. The van der Waals surface area contributed by atoms with Gasteiger partial charge in [-0.2, -0.15) is 0 Å². The molecule has 0 saturated carbocycles. The Balaban J connectivity index is 2.72. The van der Waals surface area contributed by atoms with Crippen LogP contribution < -0.4 is 54.4 Å². The van der Waals surface area contributed by atoms with E-state index in [1.807, 2.05) is 0 Å². The largest absolute Gasteiger partial charge is 0.480 e. The van der Waals surface area contributed by atoms with Gasteiger partial charge in [-0.25, -0.2) is 4.79 Å². The van der Waals surface area contributed by atoms with Crippen LogP contribution in [0.1, 0.15) is 44.6 Å². The smallest absolute Gasteiger partial charge is 0.328 e. The van der Waals surface area contributed by atoms with Crippen LogP contribution in [-0.4, -0.2) is 160 Å². The highest BCUT2D eigenvalue weighted by Gasteiger charge is 2.34. The molecule has 0 bridgehead atoms. The number of amides is 8. The standard InChI is InChI=1S/C35H56N10O14/c1-18(49)28(45-32(55)23(14-26(37)50)42-30(53)20(36)15-46)34(57)43-24(16-47)33(56)41-21(29(38)52)9-10-27(51)40-12-6-5-11-39-22(13-19-7-3-2-4-8-19)31(54)44-25(17-48)35(58)59/h2-4,7-8,18,20-25,28,39,46-49H,5-6,9-17,36H2,1H3,(H2,37,50)(H2,38,52)(H,40,51)(H,41,56)(H,42,53)(H,43,57)(H,44,54)(H,45,55)(H,58,59)/t18-,20-,21?,22-,23-,24-,25-,28-/m1/s1. The molecule has 8 amide bonds. The summed E-state index contributed by atoms with van der Waals surface area (Å²) in [5, 5.41) is 64.1. The van der Waals surface area contributed by atoms with Crippen LogP contribution in [0.15, 0.2) is 30.3 Å². The van der Waals surface area contributed by atoms with Crippen LogP contribution in [0.5, 0.6) is 0 Å². The van der Waals surface area contributed by atoms with Gasteiger partial charge >= 0.3 is 5.97 Å². The average molecular weight is 841 g/mol. The van der Waals surface area contributed by atoms with Crippen LogP contribution in [0.3, 0.4) is 0 Å². The van der Waals surface area contributed by atoms with Gasteiger partial charge in [0, 0.05) is 13.0 Å². The van der Waals surface area contributed by atoms with Crippen LogP contribution in [-0.2, 0) is 49.6 Å². The van der Waals surface area contributed by atoms with Gasteiger partial charge in [-0.3, -0.25) is 38.4 Å². The maximum Gasteiger partial charge on any atom is 0.328 e. The normalized spacial score (nSPS) is 15.0.